The molecule has 0 N–H and O–H groups in total. The van der Waals surface area contributed by atoms with Crippen molar-refractivity contribution in [3.8, 4) is 29.2 Å². The highest BCUT2D eigenvalue weighted by molar-refractivity contribution is 8.07. The Morgan fingerprint density at radius 3 is 2.08 bits per heavy atom. The van der Waals surface area contributed by atoms with Gasteiger partial charge in [-0.1, -0.05) is 100 Å². The standard InChI is InChI=1S/C26H21Cl2NO4.C9H11Cl3NO3PS/c1-2-31-20-13-11-19(12-14-20)25(17-26(25,27)28)24(30)33-23(16-29)18-7-6-10-22(15-18)32-21-8-4-3-5-9-21;1-3-14-17(18,15-4-2)16-9-7(11)5-6(10)8(12)13-9/h3-15,23H,2,17H2,1H3;5H,3-4H2,1-2H3. The lowest BCUT2D eigenvalue weighted by Crippen LogP contribution is -2.30. The Labute approximate surface area is 326 Å². The van der Waals surface area contributed by atoms with E-state index in [9.17, 15) is 10.1 Å². The molecule has 0 saturated heterocycles. The number of esters is 1. The molecule has 9 nitrogen and oxygen atoms in total. The molecule has 0 bridgehead atoms. The summed E-state index contributed by atoms with van der Waals surface area (Å²) in [5.41, 5.74) is -0.163. The van der Waals surface area contributed by atoms with Crippen molar-refractivity contribution in [3.05, 3.63) is 111 Å². The van der Waals surface area contributed by atoms with E-state index in [0.29, 0.717) is 48.2 Å². The first-order valence-electron chi connectivity index (χ1n) is 15.5. The minimum absolute atomic E-state index is 0.0521. The summed E-state index contributed by atoms with van der Waals surface area (Å²) in [6.07, 6.45) is -0.966. The first-order valence-corrected chi connectivity index (χ1v) is 19.9. The molecule has 16 heteroatoms. The topological polar surface area (TPSA) is 109 Å². The van der Waals surface area contributed by atoms with Gasteiger partial charge in [0, 0.05) is 23.8 Å². The van der Waals surface area contributed by atoms with Gasteiger partial charge in [0.25, 0.3) is 0 Å². The number of nitrogens with zero attached hydrogens (tertiary/aromatic N) is 2. The van der Waals surface area contributed by atoms with E-state index in [1.54, 1.807) is 62.4 Å². The van der Waals surface area contributed by atoms with Crippen LogP contribution in [0.5, 0.6) is 23.1 Å². The van der Waals surface area contributed by atoms with Crippen molar-refractivity contribution >= 4 is 82.5 Å². The number of carbonyl (C=O) groups excluding carboxylic acids is 1. The first-order chi connectivity index (χ1) is 24.3. The molecule has 1 saturated carbocycles. The SMILES string of the molecule is CCOP(=S)(OCC)Oc1nc(Cl)c(Cl)cc1Cl.CCOc1ccc(C2(C(=O)OC(C#N)c3cccc(Oc4ccccc4)c3)CC2(Cl)Cl)cc1. The Hall–Kier alpha value is -2.81. The van der Waals surface area contributed by atoms with Gasteiger partial charge in [-0.2, -0.15) is 10.2 Å². The van der Waals surface area contributed by atoms with Crippen LogP contribution in [0, 0.1) is 11.3 Å². The first kappa shape index (κ1) is 41.0. The summed E-state index contributed by atoms with van der Waals surface area (Å²) >= 11 is 35.5. The molecule has 51 heavy (non-hydrogen) atoms. The Bertz CT molecular complexity index is 1890. The molecule has 3 aromatic carbocycles. The average molecular weight is 833 g/mol. The van der Waals surface area contributed by atoms with Crippen LogP contribution in [0.3, 0.4) is 0 Å². The largest absolute Gasteiger partial charge is 0.494 e. The summed E-state index contributed by atoms with van der Waals surface area (Å²) in [4.78, 5) is 17.2. The highest BCUT2D eigenvalue weighted by Crippen LogP contribution is 2.65. The summed E-state index contributed by atoms with van der Waals surface area (Å²) < 4.78 is 31.7. The van der Waals surface area contributed by atoms with Crippen LogP contribution in [0.4, 0.5) is 0 Å². The molecule has 1 aliphatic rings. The van der Waals surface area contributed by atoms with Crippen LogP contribution >= 0.6 is 64.7 Å². The predicted octanol–water partition coefficient (Wildman–Crippen LogP) is 11.2. The van der Waals surface area contributed by atoms with Gasteiger partial charge in [0.2, 0.25) is 12.0 Å². The van der Waals surface area contributed by atoms with Gasteiger partial charge in [0.05, 0.1) is 24.8 Å². The maximum atomic E-state index is 13.3. The lowest BCUT2D eigenvalue weighted by molar-refractivity contribution is -0.150. The van der Waals surface area contributed by atoms with Crippen LogP contribution in [0.15, 0.2) is 84.9 Å². The monoisotopic (exact) mass is 830 g/mol. The number of para-hydroxylation sites is 1. The van der Waals surface area contributed by atoms with Crippen molar-refractivity contribution in [3.63, 3.8) is 0 Å². The van der Waals surface area contributed by atoms with Gasteiger partial charge in [-0.25, -0.2) is 0 Å². The zero-order chi connectivity index (χ0) is 37.2. The molecular weight excluding hydrogens is 801 g/mol. The number of alkyl halides is 2. The maximum absolute atomic E-state index is 13.3. The van der Waals surface area contributed by atoms with Crippen molar-refractivity contribution in [1.82, 2.24) is 4.98 Å². The fraction of sp³-hybridized carbons (Fsp3) is 0.286. The second-order valence-electron chi connectivity index (χ2n) is 10.6. The maximum Gasteiger partial charge on any atom is 0.381 e. The molecule has 0 amide bonds. The van der Waals surface area contributed by atoms with Crippen molar-refractivity contribution in [2.45, 2.75) is 43.0 Å². The average Bonchev–Trinajstić information content (AvgIpc) is 3.70. The predicted molar refractivity (Wildman–Crippen MR) is 203 cm³/mol. The Morgan fingerprint density at radius 1 is 0.882 bits per heavy atom. The Morgan fingerprint density at radius 2 is 1.51 bits per heavy atom. The van der Waals surface area contributed by atoms with Crippen molar-refractivity contribution in [2.75, 3.05) is 19.8 Å². The van der Waals surface area contributed by atoms with Crippen LogP contribution in [0.25, 0.3) is 0 Å². The van der Waals surface area contributed by atoms with E-state index < -0.39 is 28.5 Å². The minimum atomic E-state index is -2.92. The zero-order valence-electron chi connectivity index (χ0n) is 27.5. The van der Waals surface area contributed by atoms with Crippen LogP contribution < -0.4 is 14.0 Å². The van der Waals surface area contributed by atoms with Crippen LogP contribution in [-0.4, -0.2) is 35.1 Å². The van der Waals surface area contributed by atoms with E-state index in [0.717, 1.165) is 0 Å². The number of hydrogen-bond acceptors (Lipinski definition) is 10. The zero-order valence-corrected chi connectivity index (χ0v) is 33.0. The molecule has 1 aromatic heterocycles. The minimum Gasteiger partial charge on any atom is -0.494 e. The quantitative estimate of drug-likeness (QED) is 0.0527. The Kier molecular flexibility index (Phi) is 14.7. The highest BCUT2D eigenvalue weighted by atomic mass is 35.5. The second-order valence-corrected chi connectivity index (χ2v) is 16.2. The summed E-state index contributed by atoms with van der Waals surface area (Å²) in [7, 11) is 0. The number of hydrogen-bond donors (Lipinski definition) is 0. The highest BCUT2D eigenvalue weighted by Gasteiger charge is 2.73. The smallest absolute Gasteiger partial charge is 0.381 e. The molecule has 5 rings (SSSR count). The molecule has 1 heterocycles. The van der Waals surface area contributed by atoms with Gasteiger partial charge in [-0.3, -0.25) is 13.8 Å². The molecule has 1 fully saturated rings. The lowest BCUT2D eigenvalue weighted by atomic mass is 9.95. The molecular formula is C35H32Cl5N2O7PS. The lowest BCUT2D eigenvalue weighted by Gasteiger charge is -2.20. The van der Waals surface area contributed by atoms with Crippen LogP contribution in [-0.2, 0) is 35.8 Å². The van der Waals surface area contributed by atoms with Crippen molar-refractivity contribution < 1.29 is 32.6 Å². The van der Waals surface area contributed by atoms with Gasteiger partial charge in [-0.15, -0.1) is 0 Å². The van der Waals surface area contributed by atoms with E-state index in [1.807, 2.05) is 43.3 Å². The van der Waals surface area contributed by atoms with Gasteiger partial charge >= 0.3 is 12.7 Å². The molecule has 270 valence electrons. The second kappa shape index (κ2) is 18.3. The summed E-state index contributed by atoms with van der Waals surface area (Å²) in [5.74, 6) is 1.24. The third kappa shape index (κ3) is 10.4. The van der Waals surface area contributed by atoms with Gasteiger partial charge in [0.15, 0.2) is 5.15 Å². The van der Waals surface area contributed by atoms with Gasteiger partial charge < -0.3 is 18.7 Å². The van der Waals surface area contributed by atoms with Crippen LogP contribution in [0.2, 0.25) is 15.2 Å². The van der Waals surface area contributed by atoms with E-state index >= 15 is 0 Å². The van der Waals surface area contributed by atoms with E-state index in [-0.39, 0.29) is 27.5 Å². The number of benzene rings is 3. The number of aromatic nitrogens is 1. The normalized spacial score (nSPS) is 16.5. The third-order valence-electron chi connectivity index (χ3n) is 7.10. The fourth-order valence-corrected chi connectivity index (χ4v) is 8.05. The molecule has 1 aliphatic carbocycles. The molecule has 2 atom stereocenters. The van der Waals surface area contributed by atoms with Gasteiger partial charge in [0.1, 0.15) is 38.1 Å². The summed E-state index contributed by atoms with van der Waals surface area (Å²) in [6.45, 7) is 3.78. The number of halogens is 5. The number of ether oxygens (including phenoxy) is 3. The van der Waals surface area contributed by atoms with Crippen molar-refractivity contribution in [1.29, 1.82) is 5.26 Å². The van der Waals surface area contributed by atoms with E-state index in [1.165, 1.54) is 6.07 Å². The molecule has 0 aliphatic heterocycles. The Balaban J connectivity index is 0.000000275. The molecule has 4 aromatic rings. The third-order valence-corrected chi connectivity index (χ3v) is 11.4. The summed E-state index contributed by atoms with van der Waals surface area (Å²) in [6, 6.07) is 26.6. The van der Waals surface area contributed by atoms with E-state index in [2.05, 4.69) is 4.98 Å². The summed E-state index contributed by atoms with van der Waals surface area (Å²) in [5, 5.41) is 10.2. The molecule has 0 radical (unpaired) electrons. The molecule has 2 unspecified atom stereocenters. The van der Waals surface area contributed by atoms with Gasteiger partial charge in [-0.05, 0) is 68.8 Å². The van der Waals surface area contributed by atoms with Crippen LogP contribution in [0.1, 0.15) is 44.4 Å². The number of carbonyl (C=O) groups is 1. The van der Waals surface area contributed by atoms with E-state index in [4.69, 9.17) is 97.6 Å². The number of nitriles is 1. The fourth-order valence-electron chi connectivity index (χ4n) is 4.69. The molecule has 0 spiro atoms. The van der Waals surface area contributed by atoms with Crippen molar-refractivity contribution in [2.24, 2.45) is 0 Å². The number of pyridine rings is 1. The number of rotatable bonds is 14.